The molecule has 0 radical (unpaired) electrons. The van der Waals surface area contributed by atoms with Crippen LogP contribution in [0.3, 0.4) is 0 Å². The number of urea groups is 1. The summed E-state index contributed by atoms with van der Waals surface area (Å²) in [4.78, 5) is 49.5. The molecular formula is C16H17N7O4. The summed E-state index contributed by atoms with van der Waals surface area (Å²) < 4.78 is 5.57. The summed E-state index contributed by atoms with van der Waals surface area (Å²) in [5, 5.41) is 4.85. The Bertz CT molecular complexity index is 810. The Morgan fingerprint density at radius 2 is 1.81 bits per heavy atom. The number of aromatic nitrogens is 2. The lowest BCUT2D eigenvalue weighted by Gasteiger charge is -2.17. The predicted octanol–water partition coefficient (Wildman–Crippen LogP) is -1.34. The summed E-state index contributed by atoms with van der Waals surface area (Å²) in [6, 6.07) is 1.01. The first kappa shape index (κ1) is 17.1. The number of fused-ring (bicyclic) bond motifs is 5. The number of hydrogen-bond acceptors (Lipinski definition) is 7. The van der Waals surface area contributed by atoms with Crippen LogP contribution < -0.4 is 16.4 Å². The summed E-state index contributed by atoms with van der Waals surface area (Å²) in [6.45, 7) is 0.165. The first-order valence-corrected chi connectivity index (χ1v) is 8.39. The van der Waals surface area contributed by atoms with E-state index in [0.29, 0.717) is 0 Å². The number of hydrogen-bond donors (Lipinski definition) is 3. The molecule has 1 aromatic rings. The average molecular weight is 371 g/mol. The molecule has 3 aliphatic rings. The van der Waals surface area contributed by atoms with E-state index in [1.54, 1.807) is 6.07 Å². The van der Waals surface area contributed by atoms with Gasteiger partial charge in [0, 0.05) is 25.5 Å². The zero-order chi connectivity index (χ0) is 19.0. The molecule has 4 amide bonds. The minimum atomic E-state index is -0.614. The molecule has 3 aliphatic heterocycles. The number of ether oxygens (including phenoxy) is 1. The van der Waals surface area contributed by atoms with Crippen molar-refractivity contribution in [2.24, 2.45) is 22.6 Å². The third kappa shape index (κ3) is 3.12. The fourth-order valence-electron chi connectivity index (χ4n) is 3.51. The van der Waals surface area contributed by atoms with Crippen molar-refractivity contribution in [1.82, 2.24) is 25.5 Å². The molecule has 2 saturated heterocycles. The molecule has 2 fully saturated rings. The standard InChI is InChI=1S/C16H17N7O4/c17-14(21-15-18-4-1-5-19-15)22-16(26)20-6-7-23-12(24)10-8-2-3-9(27-8)11(10)13(23)25/h1-5,8-11H,6-7H2,(H4,17,18,19,20,21,22,26). The number of nitrogens with two attached hydrogens (primary N) is 1. The number of nitrogens with one attached hydrogen (secondary N) is 2. The zero-order valence-electron chi connectivity index (χ0n) is 14.1. The molecule has 27 heavy (non-hydrogen) atoms. The van der Waals surface area contributed by atoms with Crippen LogP contribution in [-0.2, 0) is 14.3 Å². The van der Waals surface area contributed by atoms with Gasteiger partial charge in [-0.15, -0.1) is 0 Å². The molecule has 0 spiro atoms. The van der Waals surface area contributed by atoms with Gasteiger partial charge in [-0.3, -0.25) is 19.8 Å². The molecule has 4 atom stereocenters. The molecule has 4 N–H and O–H groups in total. The molecule has 4 heterocycles. The van der Waals surface area contributed by atoms with E-state index in [0.717, 1.165) is 0 Å². The van der Waals surface area contributed by atoms with Gasteiger partial charge in [-0.1, -0.05) is 12.2 Å². The normalized spacial score (nSPS) is 28.6. The van der Waals surface area contributed by atoms with E-state index in [-0.39, 0.29) is 49.0 Å². The van der Waals surface area contributed by atoms with Crippen molar-refractivity contribution in [2.75, 3.05) is 13.1 Å². The van der Waals surface area contributed by atoms with Gasteiger partial charge in [0.15, 0.2) is 0 Å². The Morgan fingerprint density at radius 1 is 1.19 bits per heavy atom. The molecule has 0 saturated carbocycles. The third-order valence-corrected chi connectivity index (χ3v) is 4.64. The van der Waals surface area contributed by atoms with Gasteiger partial charge in [0.25, 0.3) is 5.95 Å². The van der Waals surface area contributed by atoms with Crippen LogP contribution in [0.15, 0.2) is 35.6 Å². The van der Waals surface area contributed by atoms with E-state index in [1.165, 1.54) is 17.3 Å². The first-order chi connectivity index (χ1) is 13.0. The number of imide groups is 1. The number of carbonyl (C=O) groups excluding carboxylic acids is 3. The van der Waals surface area contributed by atoms with E-state index in [9.17, 15) is 14.4 Å². The molecule has 11 heteroatoms. The maximum Gasteiger partial charge on any atom is 0.321 e. The minimum absolute atomic E-state index is 0.0797. The summed E-state index contributed by atoms with van der Waals surface area (Å²) in [6.07, 6.45) is 5.98. The van der Waals surface area contributed by atoms with Gasteiger partial charge in [-0.25, -0.2) is 14.8 Å². The number of guanidine groups is 1. The maximum atomic E-state index is 12.5. The Hall–Kier alpha value is -3.34. The van der Waals surface area contributed by atoms with Crippen LogP contribution in [0.2, 0.25) is 0 Å². The van der Waals surface area contributed by atoms with Gasteiger partial charge in [-0.05, 0) is 6.07 Å². The molecule has 4 rings (SSSR count). The Balaban J connectivity index is 1.27. The molecule has 0 aliphatic carbocycles. The van der Waals surface area contributed by atoms with E-state index >= 15 is 0 Å². The van der Waals surface area contributed by atoms with Gasteiger partial charge in [-0.2, -0.15) is 4.99 Å². The van der Waals surface area contributed by atoms with Crippen LogP contribution in [-0.4, -0.2) is 64.0 Å². The number of likely N-dealkylation sites (tertiary alicyclic amines) is 1. The first-order valence-electron chi connectivity index (χ1n) is 8.39. The number of nitrogens with zero attached hydrogens (tertiary/aromatic N) is 4. The lowest BCUT2D eigenvalue weighted by atomic mass is 9.85. The number of rotatable bonds is 4. The van der Waals surface area contributed by atoms with Crippen LogP contribution in [0.25, 0.3) is 0 Å². The number of carbonyl (C=O) groups is 3. The van der Waals surface area contributed by atoms with E-state index in [2.05, 4.69) is 25.6 Å². The Kier molecular flexibility index (Phi) is 4.28. The lowest BCUT2D eigenvalue weighted by Crippen LogP contribution is -2.46. The highest BCUT2D eigenvalue weighted by Gasteiger charge is 2.60. The summed E-state index contributed by atoms with van der Waals surface area (Å²) in [7, 11) is 0. The molecule has 140 valence electrons. The van der Waals surface area contributed by atoms with Crippen molar-refractivity contribution in [3.05, 3.63) is 30.6 Å². The van der Waals surface area contributed by atoms with Crippen LogP contribution in [0.4, 0.5) is 10.7 Å². The van der Waals surface area contributed by atoms with Crippen molar-refractivity contribution >= 4 is 29.8 Å². The zero-order valence-corrected chi connectivity index (χ0v) is 14.1. The van der Waals surface area contributed by atoms with Gasteiger partial charge in [0.05, 0.1) is 24.0 Å². The summed E-state index contributed by atoms with van der Waals surface area (Å²) in [5.41, 5.74) is 5.60. The molecule has 11 nitrogen and oxygen atoms in total. The second-order valence-corrected chi connectivity index (χ2v) is 6.26. The van der Waals surface area contributed by atoms with Crippen LogP contribution >= 0.6 is 0 Å². The van der Waals surface area contributed by atoms with Gasteiger partial charge in [0.2, 0.25) is 17.8 Å². The smallest absolute Gasteiger partial charge is 0.321 e. The molecule has 2 bridgehead atoms. The Morgan fingerprint density at radius 3 is 2.44 bits per heavy atom. The van der Waals surface area contributed by atoms with Crippen LogP contribution in [0.1, 0.15) is 0 Å². The maximum absolute atomic E-state index is 12.5. The largest absolute Gasteiger partial charge is 0.369 e. The highest BCUT2D eigenvalue weighted by atomic mass is 16.5. The van der Waals surface area contributed by atoms with Crippen molar-refractivity contribution in [2.45, 2.75) is 12.2 Å². The topological polar surface area (TPSA) is 152 Å². The summed E-state index contributed by atoms with van der Waals surface area (Å²) in [5.74, 6) is -1.48. The Labute approximate surface area is 153 Å². The average Bonchev–Trinajstić information content (AvgIpc) is 3.32. The SMILES string of the molecule is N/C(=N\c1ncccn1)NC(=O)NCCN1C(=O)C2C3C=CC(O3)C2C1=O. The van der Waals surface area contributed by atoms with E-state index in [1.807, 2.05) is 12.2 Å². The lowest BCUT2D eigenvalue weighted by molar-refractivity contribution is -0.142. The van der Waals surface area contributed by atoms with Gasteiger partial charge < -0.3 is 15.8 Å². The molecule has 4 unspecified atom stereocenters. The molecular weight excluding hydrogens is 354 g/mol. The second-order valence-electron chi connectivity index (χ2n) is 6.26. The highest BCUT2D eigenvalue weighted by molar-refractivity contribution is 6.06. The van der Waals surface area contributed by atoms with Crippen molar-refractivity contribution < 1.29 is 19.1 Å². The van der Waals surface area contributed by atoms with Crippen molar-refractivity contribution in [1.29, 1.82) is 0 Å². The monoisotopic (exact) mass is 371 g/mol. The highest BCUT2D eigenvalue weighted by Crippen LogP contribution is 2.44. The molecule has 0 aromatic carbocycles. The predicted molar refractivity (Wildman–Crippen MR) is 91.3 cm³/mol. The van der Waals surface area contributed by atoms with Crippen LogP contribution in [0.5, 0.6) is 0 Å². The minimum Gasteiger partial charge on any atom is -0.369 e. The fourth-order valence-corrected chi connectivity index (χ4v) is 3.51. The fraction of sp³-hybridized carbons (Fsp3) is 0.375. The molecule has 1 aromatic heterocycles. The van der Waals surface area contributed by atoms with E-state index < -0.39 is 17.9 Å². The van der Waals surface area contributed by atoms with Crippen molar-refractivity contribution in [3.63, 3.8) is 0 Å². The van der Waals surface area contributed by atoms with Gasteiger partial charge in [0.1, 0.15) is 0 Å². The quantitative estimate of drug-likeness (QED) is 0.256. The third-order valence-electron chi connectivity index (χ3n) is 4.64. The van der Waals surface area contributed by atoms with Crippen LogP contribution in [0, 0.1) is 11.8 Å². The van der Waals surface area contributed by atoms with E-state index in [4.69, 9.17) is 10.5 Å². The van der Waals surface area contributed by atoms with Crippen molar-refractivity contribution in [3.8, 4) is 0 Å². The number of amides is 4. The summed E-state index contributed by atoms with van der Waals surface area (Å²) >= 11 is 0. The number of aliphatic imine (C=N–C) groups is 1. The van der Waals surface area contributed by atoms with Gasteiger partial charge >= 0.3 is 6.03 Å². The second kappa shape index (κ2) is 6.76.